The van der Waals surface area contributed by atoms with Crippen molar-refractivity contribution in [2.75, 3.05) is 10.7 Å². The number of hydrogen-bond donors (Lipinski definition) is 2. The molecular formula is C30H31N5O6. The summed E-state index contributed by atoms with van der Waals surface area (Å²) < 4.78 is 12.1. The number of benzene rings is 2. The molecule has 0 saturated heterocycles. The molecule has 2 heterocycles. The Kier molecular flexibility index (Phi) is 7.91. The number of aromatic nitrogens is 3. The summed E-state index contributed by atoms with van der Waals surface area (Å²) in [6.45, 7) is 9.91. The molecule has 0 fully saturated rings. The first kappa shape index (κ1) is 28.9. The van der Waals surface area contributed by atoms with Gasteiger partial charge in [-0.15, -0.1) is 5.10 Å². The van der Waals surface area contributed by atoms with Crippen molar-refractivity contribution in [2.24, 2.45) is 0 Å². The molecule has 4 rings (SSSR count). The van der Waals surface area contributed by atoms with E-state index in [-0.39, 0.29) is 16.9 Å². The predicted molar refractivity (Wildman–Crippen MR) is 154 cm³/mol. The zero-order valence-electron chi connectivity index (χ0n) is 23.6. The highest BCUT2D eigenvalue weighted by Crippen LogP contribution is 2.25. The number of nitrogens with one attached hydrogen (secondary N) is 2. The molecule has 0 aliphatic heterocycles. The number of nitrogens with zero attached hydrogens (tertiary/aromatic N) is 3. The largest absolute Gasteiger partial charge is 0.456 e. The van der Waals surface area contributed by atoms with E-state index >= 15 is 0 Å². The van der Waals surface area contributed by atoms with Crippen LogP contribution >= 0.6 is 0 Å². The van der Waals surface area contributed by atoms with Crippen molar-refractivity contribution >= 4 is 40.1 Å². The molecule has 4 aromatic rings. The van der Waals surface area contributed by atoms with Crippen LogP contribution in [-0.2, 0) is 9.47 Å². The van der Waals surface area contributed by atoms with Gasteiger partial charge in [0.2, 0.25) is 0 Å². The Bertz CT molecular complexity index is 1680. The Labute approximate surface area is 236 Å². The Balaban J connectivity index is 1.96. The Morgan fingerprint density at radius 1 is 0.829 bits per heavy atom. The van der Waals surface area contributed by atoms with Gasteiger partial charge in [0.1, 0.15) is 22.5 Å². The van der Waals surface area contributed by atoms with E-state index in [0.717, 1.165) is 16.3 Å². The number of anilines is 2. The average molecular weight is 558 g/mol. The molecule has 0 bridgehead atoms. The van der Waals surface area contributed by atoms with E-state index in [9.17, 15) is 19.2 Å². The monoisotopic (exact) mass is 557 g/mol. The fourth-order valence-electron chi connectivity index (χ4n) is 3.84. The maximum absolute atomic E-state index is 13.9. The summed E-state index contributed by atoms with van der Waals surface area (Å²) in [5.41, 5.74) is -0.902. The second kappa shape index (κ2) is 11.2. The SMILES string of the molecule is CC(C)(C)OC(=O)c1cn(Nc2nncc3ccccc23)c(=O)c(NC(=O)c2ccccc2)c1C(=O)OC(C)(C)C. The van der Waals surface area contributed by atoms with Crippen LogP contribution in [-0.4, -0.2) is 43.9 Å². The standard InChI is InChI=1S/C30H31N5O6/c1-29(2,3)40-27(38)21-17-35(34-24-20-15-11-10-14-19(20)16-31-33-24)26(37)23(22(21)28(39)41-30(4,5)6)32-25(36)18-12-8-7-9-13-18/h7-17H,1-6H3,(H,32,36)(H,33,34). The minimum absolute atomic E-state index is 0.200. The fourth-order valence-corrected chi connectivity index (χ4v) is 3.84. The molecule has 0 radical (unpaired) electrons. The first-order valence-corrected chi connectivity index (χ1v) is 12.8. The minimum Gasteiger partial charge on any atom is -0.456 e. The minimum atomic E-state index is -0.990. The van der Waals surface area contributed by atoms with Crippen molar-refractivity contribution in [3.8, 4) is 0 Å². The number of fused-ring (bicyclic) bond motifs is 1. The number of carbonyl (C=O) groups excluding carboxylic acids is 3. The lowest BCUT2D eigenvalue weighted by Crippen LogP contribution is -2.36. The van der Waals surface area contributed by atoms with E-state index in [1.807, 2.05) is 12.1 Å². The van der Waals surface area contributed by atoms with Crippen LogP contribution in [0, 0.1) is 0 Å². The molecule has 2 aromatic carbocycles. The van der Waals surface area contributed by atoms with Crippen molar-refractivity contribution in [3.63, 3.8) is 0 Å². The highest BCUT2D eigenvalue weighted by Gasteiger charge is 2.33. The smallest absolute Gasteiger partial charge is 0.341 e. The quantitative estimate of drug-likeness (QED) is 0.319. The molecule has 0 unspecified atom stereocenters. The number of carbonyl (C=O) groups is 3. The molecule has 2 aromatic heterocycles. The van der Waals surface area contributed by atoms with E-state index < -0.39 is 45.9 Å². The first-order valence-electron chi connectivity index (χ1n) is 12.8. The summed E-state index contributed by atoms with van der Waals surface area (Å²) in [5.74, 6) is -2.37. The van der Waals surface area contributed by atoms with Crippen LogP contribution in [0.5, 0.6) is 0 Å². The molecule has 11 heteroatoms. The van der Waals surface area contributed by atoms with Crippen LogP contribution in [0.3, 0.4) is 0 Å². The lowest BCUT2D eigenvalue weighted by molar-refractivity contribution is 0.00185. The molecule has 41 heavy (non-hydrogen) atoms. The second-order valence-corrected chi connectivity index (χ2v) is 11.2. The molecular weight excluding hydrogens is 526 g/mol. The van der Waals surface area contributed by atoms with Crippen LogP contribution in [0.4, 0.5) is 11.5 Å². The van der Waals surface area contributed by atoms with E-state index in [4.69, 9.17) is 9.47 Å². The van der Waals surface area contributed by atoms with Gasteiger partial charge in [-0.2, -0.15) is 5.10 Å². The van der Waals surface area contributed by atoms with Gasteiger partial charge in [-0.3, -0.25) is 15.0 Å². The van der Waals surface area contributed by atoms with Crippen molar-refractivity contribution in [1.29, 1.82) is 0 Å². The fraction of sp³-hybridized carbons (Fsp3) is 0.267. The Morgan fingerprint density at radius 2 is 1.44 bits per heavy atom. The Morgan fingerprint density at radius 3 is 2.10 bits per heavy atom. The number of rotatable bonds is 6. The second-order valence-electron chi connectivity index (χ2n) is 11.2. The third-order valence-corrected chi connectivity index (χ3v) is 5.50. The molecule has 2 N–H and O–H groups in total. The van der Waals surface area contributed by atoms with Crippen molar-refractivity contribution in [2.45, 2.75) is 52.7 Å². The number of amides is 1. The molecule has 0 saturated carbocycles. The highest BCUT2D eigenvalue weighted by atomic mass is 16.6. The van der Waals surface area contributed by atoms with Crippen LogP contribution in [0.15, 0.2) is 71.8 Å². The van der Waals surface area contributed by atoms with E-state index in [1.54, 1.807) is 90.2 Å². The molecule has 0 aliphatic carbocycles. The number of ether oxygens (including phenoxy) is 2. The van der Waals surface area contributed by atoms with Gasteiger partial charge in [-0.05, 0) is 53.7 Å². The van der Waals surface area contributed by atoms with Gasteiger partial charge >= 0.3 is 11.9 Å². The summed E-state index contributed by atoms with van der Waals surface area (Å²) in [6, 6.07) is 15.3. The normalized spacial score (nSPS) is 11.6. The number of esters is 2. The van der Waals surface area contributed by atoms with Crippen LogP contribution in [0.25, 0.3) is 10.8 Å². The average Bonchev–Trinajstić information content (AvgIpc) is 2.89. The molecule has 212 valence electrons. The Hall–Kier alpha value is -5.06. The van der Waals surface area contributed by atoms with Crippen molar-refractivity contribution in [3.05, 3.63) is 94.0 Å². The summed E-state index contributed by atoms with van der Waals surface area (Å²) in [6.07, 6.45) is 2.68. The summed E-state index contributed by atoms with van der Waals surface area (Å²) in [5, 5.41) is 12.0. The maximum Gasteiger partial charge on any atom is 0.341 e. The third-order valence-electron chi connectivity index (χ3n) is 5.50. The van der Waals surface area contributed by atoms with Crippen LogP contribution in [0.2, 0.25) is 0 Å². The first-order chi connectivity index (χ1) is 19.2. The highest BCUT2D eigenvalue weighted by molar-refractivity contribution is 6.12. The molecule has 11 nitrogen and oxygen atoms in total. The van der Waals surface area contributed by atoms with Gasteiger partial charge in [0.05, 0.1) is 11.8 Å². The lowest BCUT2D eigenvalue weighted by atomic mass is 10.1. The number of hydrogen-bond acceptors (Lipinski definition) is 9. The summed E-state index contributed by atoms with van der Waals surface area (Å²) >= 11 is 0. The van der Waals surface area contributed by atoms with Gasteiger partial charge < -0.3 is 14.8 Å². The van der Waals surface area contributed by atoms with Gasteiger partial charge in [0.15, 0.2) is 5.82 Å². The van der Waals surface area contributed by atoms with Gasteiger partial charge in [-0.1, -0.05) is 42.5 Å². The van der Waals surface area contributed by atoms with E-state index in [2.05, 4.69) is 20.9 Å². The van der Waals surface area contributed by atoms with Gasteiger partial charge in [0.25, 0.3) is 11.5 Å². The zero-order valence-corrected chi connectivity index (χ0v) is 23.6. The molecule has 1 amide bonds. The summed E-state index contributed by atoms with van der Waals surface area (Å²) in [7, 11) is 0. The van der Waals surface area contributed by atoms with E-state index in [0.29, 0.717) is 5.39 Å². The topological polar surface area (TPSA) is 142 Å². The molecule has 0 spiro atoms. The zero-order chi connectivity index (χ0) is 29.9. The lowest BCUT2D eigenvalue weighted by Gasteiger charge is -2.24. The van der Waals surface area contributed by atoms with Crippen molar-refractivity contribution in [1.82, 2.24) is 14.9 Å². The van der Waals surface area contributed by atoms with Crippen LogP contribution < -0.4 is 16.3 Å². The molecule has 0 aliphatic rings. The number of pyridine rings is 1. The predicted octanol–water partition coefficient (Wildman–Crippen LogP) is 4.83. The van der Waals surface area contributed by atoms with Crippen molar-refractivity contribution < 1.29 is 23.9 Å². The summed E-state index contributed by atoms with van der Waals surface area (Å²) in [4.78, 5) is 54.1. The maximum atomic E-state index is 13.9. The van der Waals surface area contributed by atoms with E-state index in [1.165, 1.54) is 0 Å². The van der Waals surface area contributed by atoms with Crippen LogP contribution in [0.1, 0.15) is 72.6 Å². The third kappa shape index (κ3) is 6.93. The molecule has 0 atom stereocenters. The van der Waals surface area contributed by atoms with Gasteiger partial charge in [-0.25, -0.2) is 14.3 Å². The van der Waals surface area contributed by atoms with Gasteiger partial charge in [0, 0.05) is 22.5 Å².